The van der Waals surface area contributed by atoms with E-state index >= 15 is 0 Å². The van der Waals surface area contributed by atoms with Crippen LogP contribution in [0.4, 0.5) is 18.9 Å². The minimum Gasteiger partial charge on any atom is -0.491 e. The van der Waals surface area contributed by atoms with Gasteiger partial charge in [0.1, 0.15) is 30.5 Å². The summed E-state index contributed by atoms with van der Waals surface area (Å²) >= 11 is 0. The molecule has 0 aliphatic carbocycles. The number of carbonyl (C=O) groups excluding carboxylic acids is 1. The van der Waals surface area contributed by atoms with Crippen molar-refractivity contribution in [3.63, 3.8) is 0 Å². The second kappa shape index (κ2) is 18.0. The standard InChI is InChI=1S/C37H40F3NO5/c1-3-5-17-43-19-21-45-35-15-10-28(23-31(35)27-9-14-33(39)34(40)24-27)37(42)41-30-13-16-36(46-22-20-44-18-6-4-2)32(25-30)26-7-11-29(38)12-8-26/h7-16,23-25H,3-6,17-22H2,1-2H3,(H,41,42). The Balaban J connectivity index is 1.55. The Morgan fingerprint density at radius 1 is 0.609 bits per heavy atom. The number of halogens is 3. The molecule has 46 heavy (non-hydrogen) atoms. The van der Waals surface area contributed by atoms with Gasteiger partial charge in [-0.1, -0.05) is 44.9 Å². The van der Waals surface area contributed by atoms with Gasteiger partial charge in [0.2, 0.25) is 0 Å². The van der Waals surface area contributed by atoms with E-state index in [9.17, 15) is 18.0 Å². The highest BCUT2D eigenvalue weighted by molar-refractivity contribution is 6.05. The van der Waals surface area contributed by atoms with E-state index in [1.165, 1.54) is 18.2 Å². The predicted octanol–water partition coefficient (Wildman–Crippen LogP) is 9.08. The summed E-state index contributed by atoms with van der Waals surface area (Å²) in [5, 5.41) is 2.90. The van der Waals surface area contributed by atoms with E-state index in [4.69, 9.17) is 18.9 Å². The number of carbonyl (C=O) groups is 1. The fourth-order valence-corrected chi connectivity index (χ4v) is 4.60. The molecular formula is C37H40F3NO5. The number of ether oxygens (including phenoxy) is 4. The van der Waals surface area contributed by atoms with E-state index in [0.717, 1.165) is 37.8 Å². The topological polar surface area (TPSA) is 66.0 Å². The van der Waals surface area contributed by atoms with Crippen molar-refractivity contribution in [3.05, 3.63) is 102 Å². The zero-order chi connectivity index (χ0) is 32.7. The molecule has 0 heterocycles. The molecule has 6 nitrogen and oxygen atoms in total. The summed E-state index contributed by atoms with van der Waals surface area (Å²) in [6.45, 7) is 6.82. The van der Waals surface area contributed by atoms with Crippen LogP contribution in [0.3, 0.4) is 0 Å². The Bertz CT molecular complexity index is 1560. The largest absolute Gasteiger partial charge is 0.491 e. The van der Waals surface area contributed by atoms with Crippen LogP contribution in [-0.2, 0) is 9.47 Å². The summed E-state index contributed by atoms with van der Waals surface area (Å²) in [5.74, 6) is -1.82. The number of amides is 1. The van der Waals surface area contributed by atoms with E-state index in [2.05, 4.69) is 19.2 Å². The van der Waals surface area contributed by atoms with Crippen LogP contribution in [0.25, 0.3) is 22.3 Å². The SMILES string of the molecule is CCCCOCCOc1ccc(NC(=O)c2ccc(OCCOCCCC)c(-c3ccc(F)c(F)c3)c2)cc1-c1ccc(F)cc1. The number of benzene rings is 4. The maximum absolute atomic E-state index is 14.2. The lowest BCUT2D eigenvalue weighted by molar-refractivity contribution is 0.0981. The third kappa shape index (κ3) is 10.1. The van der Waals surface area contributed by atoms with Crippen LogP contribution in [0.15, 0.2) is 78.9 Å². The normalized spacial score (nSPS) is 11.0. The first-order chi connectivity index (χ1) is 22.4. The van der Waals surface area contributed by atoms with Crippen molar-refractivity contribution in [1.82, 2.24) is 0 Å². The van der Waals surface area contributed by atoms with Gasteiger partial charge in [-0.15, -0.1) is 0 Å². The molecule has 244 valence electrons. The Labute approximate surface area is 268 Å². The zero-order valence-corrected chi connectivity index (χ0v) is 26.3. The quantitative estimate of drug-likeness (QED) is 0.111. The fourth-order valence-electron chi connectivity index (χ4n) is 4.60. The van der Waals surface area contributed by atoms with Gasteiger partial charge < -0.3 is 24.3 Å². The van der Waals surface area contributed by atoms with Crippen molar-refractivity contribution < 1.29 is 36.9 Å². The molecule has 0 aliphatic heterocycles. The van der Waals surface area contributed by atoms with Gasteiger partial charge in [0.25, 0.3) is 5.91 Å². The van der Waals surface area contributed by atoms with Gasteiger partial charge in [-0.3, -0.25) is 4.79 Å². The van der Waals surface area contributed by atoms with Crippen molar-refractivity contribution in [2.75, 3.05) is 45.0 Å². The molecule has 0 aromatic heterocycles. The van der Waals surface area contributed by atoms with Crippen LogP contribution in [0.2, 0.25) is 0 Å². The summed E-state index contributed by atoms with van der Waals surface area (Å²) < 4.78 is 64.7. The molecule has 0 unspecified atom stereocenters. The first-order valence-electron chi connectivity index (χ1n) is 15.6. The lowest BCUT2D eigenvalue weighted by Crippen LogP contribution is -2.13. The molecule has 9 heteroatoms. The van der Waals surface area contributed by atoms with Crippen molar-refractivity contribution >= 4 is 11.6 Å². The van der Waals surface area contributed by atoms with Gasteiger partial charge in [-0.2, -0.15) is 0 Å². The zero-order valence-electron chi connectivity index (χ0n) is 26.3. The van der Waals surface area contributed by atoms with Crippen LogP contribution in [0, 0.1) is 17.5 Å². The smallest absolute Gasteiger partial charge is 0.255 e. The van der Waals surface area contributed by atoms with Gasteiger partial charge in [0.05, 0.1) is 13.2 Å². The summed E-state index contributed by atoms with van der Waals surface area (Å²) in [4.78, 5) is 13.5. The summed E-state index contributed by atoms with van der Waals surface area (Å²) in [6, 6.07) is 19.6. The predicted molar refractivity (Wildman–Crippen MR) is 174 cm³/mol. The molecule has 4 aromatic rings. The first-order valence-corrected chi connectivity index (χ1v) is 15.6. The Morgan fingerprint density at radius 3 is 1.80 bits per heavy atom. The average Bonchev–Trinajstić information content (AvgIpc) is 3.06. The van der Waals surface area contributed by atoms with Gasteiger partial charge in [0.15, 0.2) is 11.6 Å². The van der Waals surface area contributed by atoms with Crippen LogP contribution in [0.1, 0.15) is 49.9 Å². The maximum Gasteiger partial charge on any atom is 0.255 e. The number of unbranched alkanes of at least 4 members (excludes halogenated alkanes) is 2. The Morgan fingerprint density at radius 2 is 1.20 bits per heavy atom. The van der Waals surface area contributed by atoms with Crippen molar-refractivity contribution in [1.29, 1.82) is 0 Å². The third-order valence-electron chi connectivity index (χ3n) is 7.12. The van der Waals surface area contributed by atoms with Crippen LogP contribution >= 0.6 is 0 Å². The highest BCUT2D eigenvalue weighted by atomic mass is 19.2. The molecule has 0 radical (unpaired) electrons. The molecule has 0 spiro atoms. The minimum atomic E-state index is -1.01. The molecule has 0 atom stereocenters. The molecule has 0 aliphatic rings. The third-order valence-corrected chi connectivity index (χ3v) is 7.12. The molecule has 4 aromatic carbocycles. The molecule has 0 saturated heterocycles. The lowest BCUT2D eigenvalue weighted by Gasteiger charge is -2.16. The van der Waals surface area contributed by atoms with Crippen LogP contribution in [0.5, 0.6) is 11.5 Å². The van der Waals surface area contributed by atoms with E-state index in [1.54, 1.807) is 48.5 Å². The Kier molecular flexibility index (Phi) is 13.5. The minimum absolute atomic E-state index is 0.247. The van der Waals surface area contributed by atoms with Crippen molar-refractivity contribution in [3.8, 4) is 33.8 Å². The summed E-state index contributed by atoms with van der Waals surface area (Å²) in [7, 11) is 0. The highest BCUT2D eigenvalue weighted by Crippen LogP contribution is 2.35. The number of anilines is 1. The second-order valence-corrected chi connectivity index (χ2v) is 10.6. The molecule has 0 fully saturated rings. The number of hydrogen-bond acceptors (Lipinski definition) is 5. The van der Waals surface area contributed by atoms with E-state index in [1.807, 2.05) is 0 Å². The first kappa shape index (κ1) is 34.5. The molecule has 0 saturated carbocycles. The van der Waals surface area contributed by atoms with E-state index < -0.39 is 17.5 Å². The number of rotatable bonds is 18. The van der Waals surface area contributed by atoms with E-state index in [-0.39, 0.29) is 18.0 Å². The van der Waals surface area contributed by atoms with Crippen molar-refractivity contribution in [2.24, 2.45) is 0 Å². The average molecular weight is 636 g/mol. The highest BCUT2D eigenvalue weighted by Gasteiger charge is 2.16. The molecule has 1 N–H and O–H groups in total. The molecule has 0 bridgehead atoms. The van der Waals surface area contributed by atoms with Crippen LogP contribution in [-0.4, -0.2) is 45.5 Å². The summed E-state index contributed by atoms with van der Waals surface area (Å²) in [5.41, 5.74) is 2.92. The van der Waals surface area contributed by atoms with Gasteiger partial charge >= 0.3 is 0 Å². The second-order valence-electron chi connectivity index (χ2n) is 10.6. The number of nitrogens with one attached hydrogen (secondary N) is 1. The summed E-state index contributed by atoms with van der Waals surface area (Å²) in [6.07, 6.45) is 3.98. The monoisotopic (exact) mass is 635 g/mol. The Hall–Kier alpha value is -4.34. The molecule has 1 amide bonds. The van der Waals surface area contributed by atoms with Crippen molar-refractivity contribution in [2.45, 2.75) is 39.5 Å². The molecule has 4 rings (SSSR count). The van der Waals surface area contributed by atoms with Gasteiger partial charge in [-0.05, 0) is 84.6 Å². The van der Waals surface area contributed by atoms with Gasteiger partial charge in [0, 0.05) is 35.6 Å². The van der Waals surface area contributed by atoms with Crippen LogP contribution < -0.4 is 14.8 Å². The lowest BCUT2D eigenvalue weighted by atomic mass is 10.0. The van der Waals surface area contributed by atoms with Gasteiger partial charge in [-0.25, -0.2) is 13.2 Å². The number of hydrogen-bond donors (Lipinski definition) is 1. The molecular weight excluding hydrogens is 595 g/mol. The van der Waals surface area contributed by atoms with E-state index in [0.29, 0.717) is 72.5 Å². The fraction of sp³-hybridized carbons (Fsp3) is 0.324. The maximum atomic E-state index is 14.2.